The van der Waals surface area contributed by atoms with Gasteiger partial charge in [-0.1, -0.05) is 0 Å². The third-order valence-electron chi connectivity index (χ3n) is 1.85. The van der Waals surface area contributed by atoms with E-state index in [1.54, 1.807) is 12.4 Å². The van der Waals surface area contributed by atoms with Gasteiger partial charge < -0.3 is 5.41 Å². The Bertz CT molecular complexity index is 435. The van der Waals surface area contributed by atoms with Gasteiger partial charge in [0.1, 0.15) is 0 Å². The molecule has 0 aliphatic carbocycles. The molecule has 0 atom stereocenters. The third kappa shape index (κ3) is 2.22. The van der Waals surface area contributed by atoms with Gasteiger partial charge in [0, 0.05) is 24.4 Å². The molecule has 76 valence electrons. The molecule has 2 heterocycles. The lowest BCUT2D eigenvalue weighted by Gasteiger charge is -1.92. The molecule has 6 heteroatoms. The minimum absolute atomic E-state index is 0.563. The van der Waals surface area contributed by atoms with Gasteiger partial charge in [-0.15, -0.1) is 10.2 Å². The largest absolute Gasteiger partial charge is 0.313 e. The molecular formula is C9H10N6. The summed E-state index contributed by atoms with van der Waals surface area (Å²) in [6, 6.07) is 3.71. The van der Waals surface area contributed by atoms with Crippen LogP contribution in [0, 0.1) is 5.41 Å². The van der Waals surface area contributed by atoms with E-state index in [0.29, 0.717) is 18.8 Å². The van der Waals surface area contributed by atoms with Crippen LogP contribution in [0.2, 0.25) is 0 Å². The van der Waals surface area contributed by atoms with Gasteiger partial charge in [0.15, 0.2) is 0 Å². The van der Waals surface area contributed by atoms with Crippen molar-refractivity contribution in [1.82, 2.24) is 25.2 Å². The lowest BCUT2D eigenvalue weighted by molar-refractivity contribution is 0.537. The quantitative estimate of drug-likeness (QED) is 0.743. The third-order valence-corrected chi connectivity index (χ3v) is 1.85. The number of aryl methyl sites for hydroxylation is 1. The lowest BCUT2D eigenvalue weighted by Crippen LogP contribution is -2.02. The summed E-state index contributed by atoms with van der Waals surface area (Å²) in [7, 11) is 0. The Kier molecular flexibility index (Phi) is 2.77. The van der Waals surface area contributed by atoms with E-state index >= 15 is 0 Å². The minimum Gasteiger partial charge on any atom is -0.313 e. The predicted octanol–water partition coefficient (Wildman–Crippen LogP) is 0.775. The molecule has 0 saturated carbocycles. The Morgan fingerprint density at radius 3 is 3.13 bits per heavy atom. The molecule has 1 N–H and O–H groups in total. The first kappa shape index (κ1) is 9.45. The van der Waals surface area contributed by atoms with Crippen molar-refractivity contribution in [2.24, 2.45) is 0 Å². The number of hydrogen-bond acceptors (Lipinski definition) is 5. The Morgan fingerprint density at radius 1 is 1.47 bits per heavy atom. The smallest absolute Gasteiger partial charge is 0.206 e. The molecule has 0 radical (unpaired) electrons. The second-order valence-corrected chi connectivity index (χ2v) is 2.94. The van der Waals surface area contributed by atoms with E-state index in [0.717, 1.165) is 5.56 Å². The zero-order valence-corrected chi connectivity index (χ0v) is 8.04. The Balaban J connectivity index is 2.17. The monoisotopic (exact) mass is 202 g/mol. The van der Waals surface area contributed by atoms with Crippen LogP contribution < -0.4 is 0 Å². The summed E-state index contributed by atoms with van der Waals surface area (Å²) in [5.74, 6) is 0.563. The number of nitrogens with zero attached hydrogens (tertiary/aromatic N) is 5. The van der Waals surface area contributed by atoms with E-state index in [9.17, 15) is 0 Å². The SMILES string of the molecule is N=CCCn1nnc(-c2cccnc2)n1. The lowest BCUT2D eigenvalue weighted by atomic mass is 10.3. The molecule has 6 nitrogen and oxygen atoms in total. The van der Waals surface area contributed by atoms with Crippen molar-refractivity contribution in [1.29, 1.82) is 5.41 Å². The molecule has 15 heavy (non-hydrogen) atoms. The van der Waals surface area contributed by atoms with Crippen LogP contribution in [0.5, 0.6) is 0 Å². The van der Waals surface area contributed by atoms with Crippen LogP contribution in [0.4, 0.5) is 0 Å². The normalized spacial score (nSPS) is 10.1. The van der Waals surface area contributed by atoms with Gasteiger partial charge in [0.05, 0.1) is 6.54 Å². The van der Waals surface area contributed by atoms with E-state index in [1.165, 1.54) is 11.0 Å². The Labute approximate surface area is 86.5 Å². The fourth-order valence-electron chi connectivity index (χ4n) is 1.13. The molecule has 0 aliphatic heterocycles. The number of aromatic nitrogens is 5. The highest BCUT2D eigenvalue weighted by Gasteiger charge is 2.04. The van der Waals surface area contributed by atoms with Gasteiger partial charge in [-0.3, -0.25) is 4.98 Å². The molecule has 0 bridgehead atoms. The summed E-state index contributed by atoms with van der Waals surface area (Å²) in [6.07, 6.45) is 5.33. The molecule has 0 spiro atoms. The average Bonchev–Trinajstić information content (AvgIpc) is 2.76. The predicted molar refractivity (Wildman–Crippen MR) is 54.4 cm³/mol. The van der Waals surface area contributed by atoms with Crippen molar-refractivity contribution >= 4 is 6.21 Å². The van der Waals surface area contributed by atoms with Gasteiger partial charge in [0.2, 0.25) is 5.82 Å². The zero-order chi connectivity index (χ0) is 10.5. The molecule has 0 amide bonds. The Morgan fingerprint density at radius 2 is 2.40 bits per heavy atom. The molecule has 0 aliphatic rings. The first-order valence-corrected chi connectivity index (χ1v) is 4.57. The Hall–Kier alpha value is -2.11. The van der Waals surface area contributed by atoms with E-state index in [4.69, 9.17) is 5.41 Å². The molecule has 2 aromatic rings. The van der Waals surface area contributed by atoms with E-state index in [1.807, 2.05) is 12.1 Å². The van der Waals surface area contributed by atoms with Crippen LogP contribution in [-0.2, 0) is 6.54 Å². The van der Waals surface area contributed by atoms with Crippen LogP contribution in [0.15, 0.2) is 24.5 Å². The van der Waals surface area contributed by atoms with Crippen molar-refractivity contribution in [3.05, 3.63) is 24.5 Å². The summed E-state index contributed by atoms with van der Waals surface area (Å²) in [4.78, 5) is 5.46. The maximum atomic E-state index is 6.90. The standard InChI is InChI=1S/C9H10N6/c10-4-2-6-15-13-9(12-14-15)8-3-1-5-11-7-8/h1,3-5,7,10H,2,6H2. The molecule has 2 aromatic heterocycles. The van der Waals surface area contributed by atoms with Gasteiger partial charge in [-0.05, 0) is 23.6 Å². The van der Waals surface area contributed by atoms with Crippen molar-refractivity contribution in [3.63, 3.8) is 0 Å². The number of rotatable bonds is 4. The first-order valence-electron chi connectivity index (χ1n) is 4.57. The highest BCUT2D eigenvalue weighted by atomic mass is 15.6. The summed E-state index contributed by atoms with van der Waals surface area (Å²) < 4.78 is 0. The van der Waals surface area contributed by atoms with Crippen molar-refractivity contribution in [2.75, 3.05) is 0 Å². The van der Waals surface area contributed by atoms with Gasteiger partial charge >= 0.3 is 0 Å². The van der Waals surface area contributed by atoms with Gasteiger partial charge in [-0.2, -0.15) is 4.80 Å². The molecular weight excluding hydrogens is 192 g/mol. The number of pyridine rings is 1. The van der Waals surface area contributed by atoms with Crippen LogP contribution in [0.1, 0.15) is 6.42 Å². The highest BCUT2D eigenvalue weighted by molar-refractivity contribution is 5.52. The molecule has 0 fully saturated rings. The first-order chi connectivity index (χ1) is 7.40. The average molecular weight is 202 g/mol. The second-order valence-electron chi connectivity index (χ2n) is 2.94. The highest BCUT2D eigenvalue weighted by Crippen LogP contribution is 2.09. The molecule has 2 rings (SSSR count). The van der Waals surface area contributed by atoms with Gasteiger partial charge in [-0.25, -0.2) is 0 Å². The van der Waals surface area contributed by atoms with Crippen LogP contribution >= 0.6 is 0 Å². The maximum Gasteiger partial charge on any atom is 0.206 e. The molecule has 0 aromatic carbocycles. The van der Waals surface area contributed by atoms with Crippen molar-refractivity contribution in [2.45, 2.75) is 13.0 Å². The molecule has 0 unspecified atom stereocenters. The van der Waals surface area contributed by atoms with E-state index in [2.05, 4.69) is 20.4 Å². The number of tetrazole rings is 1. The number of nitrogens with one attached hydrogen (secondary N) is 1. The maximum absolute atomic E-state index is 6.90. The van der Waals surface area contributed by atoms with E-state index < -0.39 is 0 Å². The number of hydrogen-bond donors (Lipinski definition) is 1. The zero-order valence-electron chi connectivity index (χ0n) is 8.04. The summed E-state index contributed by atoms with van der Waals surface area (Å²) in [5, 5.41) is 18.8. The van der Waals surface area contributed by atoms with Crippen LogP contribution in [-0.4, -0.2) is 31.4 Å². The minimum atomic E-state index is 0.563. The van der Waals surface area contributed by atoms with E-state index in [-0.39, 0.29) is 0 Å². The van der Waals surface area contributed by atoms with Crippen LogP contribution in [0.3, 0.4) is 0 Å². The summed E-state index contributed by atoms with van der Waals surface area (Å²) in [5.41, 5.74) is 0.846. The second kappa shape index (κ2) is 4.41. The van der Waals surface area contributed by atoms with Crippen molar-refractivity contribution < 1.29 is 0 Å². The van der Waals surface area contributed by atoms with Gasteiger partial charge in [0.25, 0.3) is 0 Å². The summed E-state index contributed by atoms with van der Waals surface area (Å²) in [6.45, 7) is 0.580. The summed E-state index contributed by atoms with van der Waals surface area (Å²) >= 11 is 0. The van der Waals surface area contributed by atoms with Crippen molar-refractivity contribution in [3.8, 4) is 11.4 Å². The van der Waals surface area contributed by atoms with Crippen LogP contribution in [0.25, 0.3) is 11.4 Å². The fraction of sp³-hybridized carbons (Fsp3) is 0.222. The fourth-order valence-corrected chi connectivity index (χ4v) is 1.13. The topological polar surface area (TPSA) is 80.3 Å². The molecule has 0 saturated heterocycles.